The molecule has 0 aromatic heterocycles. The molecule has 0 heteroatoms. The predicted molar refractivity (Wildman–Crippen MR) is 181 cm³/mol. The van der Waals surface area contributed by atoms with Crippen molar-refractivity contribution in [2.24, 2.45) is 0 Å². The van der Waals surface area contributed by atoms with Crippen LogP contribution in [0, 0.1) is 0 Å². The van der Waals surface area contributed by atoms with Gasteiger partial charge in [-0.3, -0.25) is 0 Å². The van der Waals surface area contributed by atoms with Crippen LogP contribution in [0.5, 0.6) is 0 Å². The van der Waals surface area contributed by atoms with Gasteiger partial charge in [0.25, 0.3) is 0 Å². The molecule has 0 saturated carbocycles. The summed E-state index contributed by atoms with van der Waals surface area (Å²) in [6, 6.07) is 61.7. The smallest absolute Gasteiger partial charge is 0.00201 e. The SMILES string of the molecule is c1ccc(-c2ccccc2-c2ccc3cccc(-c4c5ccccc5c(-c5ccccc5)c5ccccc45)c3c2)cc1. The number of hydrogen-bond acceptors (Lipinski definition) is 0. The van der Waals surface area contributed by atoms with Gasteiger partial charge in [-0.1, -0.05) is 164 Å². The molecule has 0 heterocycles. The first-order valence-corrected chi connectivity index (χ1v) is 14.5. The lowest BCUT2D eigenvalue weighted by Gasteiger charge is -2.19. The lowest BCUT2D eigenvalue weighted by atomic mass is 9.84. The first-order chi connectivity index (χ1) is 20.9. The molecular weight excluding hydrogens is 504 g/mol. The summed E-state index contributed by atoms with van der Waals surface area (Å²) >= 11 is 0. The summed E-state index contributed by atoms with van der Waals surface area (Å²) in [4.78, 5) is 0. The van der Waals surface area contributed by atoms with Gasteiger partial charge < -0.3 is 0 Å². The average molecular weight is 533 g/mol. The Balaban J connectivity index is 1.44. The number of benzene rings is 8. The summed E-state index contributed by atoms with van der Waals surface area (Å²) in [5.41, 5.74) is 10.0. The van der Waals surface area contributed by atoms with Gasteiger partial charge >= 0.3 is 0 Å². The monoisotopic (exact) mass is 532 g/mol. The zero-order valence-electron chi connectivity index (χ0n) is 23.2. The molecule has 0 bridgehead atoms. The fourth-order valence-electron chi connectivity index (χ4n) is 6.60. The van der Waals surface area contributed by atoms with Gasteiger partial charge in [-0.15, -0.1) is 0 Å². The Morgan fingerprint density at radius 1 is 0.238 bits per heavy atom. The molecule has 0 radical (unpaired) electrons. The molecule has 8 rings (SSSR count). The van der Waals surface area contributed by atoms with Gasteiger partial charge in [-0.2, -0.15) is 0 Å². The summed E-state index contributed by atoms with van der Waals surface area (Å²) in [6.45, 7) is 0. The Bertz CT molecular complexity index is 2170. The van der Waals surface area contributed by atoms with Crippen LogP contribution in [0.15, 0.2) is 170 Å². The molecule has 0 nitrogen and oxygen atoms in total. The van der Waals surface area contributed by atoms with Crippen molar-refractivity contribution in [1.29, 1.82) is 0 Å². The highest BCUT2D eigenvalue weighted by Crippen LogP contribution is 2.45. The van der Waals surface area contributed by atoms with Gasteiger partial charge in [0.2, 0.25) is 0 Å². The average Bonchev–Trinajstić information content (AvgIpc) is 3.07. The summed E-state index contributed by atoms with van der Waals surface area (Å²) < 4.78 is 0. The van der Waals surface area contributed by atoms with Gasteiger partial charge in [0.05, 0.1) is 0 Å². The van der Waals surface area contributed by atoms with Crippen molar-refractivity contribution in [2.45, 2.75) is 0 Å². The highest BCUT2D eigenvalue weighted by molar-refractivity contribution is 6.23. The van der Waals surface area contributed by atoms with E-state index < -0.39 is 0 Å². The van der Waals surface area contributed by atoms with Gasteiger partial charge in [-0.05, 0) is 82.9 Å². The van der Waals surface area contributed by atoms with Crippen LogP contribution in [0.3, 0.4) is 0 Å². The molecule has 0 saturated heterocycles. The Morgan fingerprint density at radius 3 is 1.33 bits per heavy atom. The minimum atomic E-state index is 1.23. The molecule has 0 N–H and O–H groups in total. The molecule has 0 atom stereocenters. The van der Waals surface area contributed by atoms with E-state index >= 15 is 0 Å². The maximum Gasteiger partial charge on any atom is -0.00201 e. The third-order valence-electron chi connectivity index (χ3n) is 8.47. The Kier molecular flexibility index (Phi) is 5.90. The third kappa shape index (κ3) is 4.00. The first kappa shape index (κ1) is 24.3. The Morgan fingerprint density at radius 2 is 0.714 bits per heavy atom. The third-order valence-corrected chi connectivity index (χ3v) is 8.47. The van der Waals surface area contributed by atoms with E-state index in [-0.39, 0.29) is 0 Å². The molecule has 0 unspecified atom stereocenters. The van der Waals surface area contributed by atoms with Crippen molar-refractivity contribution < 1.29 is 0 Å². The van der Waals surface area contributed by atoms with E-state index in [1.54, 1.807) is 0 Å². The second-order valence-electron chi connectivity index (χ2n) is 10.9. The normalized spacial score (nSPS) is 11.3. The minimum Gasteiger partial charge on any atom is -0.0622 e. The van der Waals surface area contributed by atoms with E-state index in [0.717, 1.165) is 0 Å². The maximum atomic E-state index is 2.39. The number of fused-ring (bicyclic) bond motifs is 3. The molecule has 0 fully saturated rings. The number of hydrogen-bond donors (Lipinski definition) is 0. The van der Waals surface area contributed by atoms with Crippen LogP contribution in [-0.2, 0) is 0 Å². The first-order valence-electron chi connectivity index (χ1n) is 14.5. The van der Waals surface area contributed by atoms with Crippen LogP contribution in [0.2, 0.25) is 0 Å². The molecule has 8 aromatic rings. The number of rotatable bonds is 4. The molecular formula is C42H28. The quantitative estimate of drug-likeness (QED) is 0.198. The topological polar surface area (TPSA) is 0 Å². The second kappa shape index (κ2) is 10.2. The standard InChI is InChI=1S/C42H28/c1-3-14-29(15-4-1)33-19-7-8-20-34(33)32-27-26-30-18-13-25-39(40(30)28-32)42-37-23-11-9-21-35(37)41(31-16-5-2-6-17-31)36-22-10-12-24-38(36)42/h1-28H. The lowest BCUT2D eigenvalue weighted by molar-refractivity contribution is 1.59. The van der Waals surface area contributed by atoms with Crippen LogP contribution < -0.4 is 0 Å². The second-order valence-corrected chi connectivity index (χ2v) is 10.9. The van der Waals surface area contributed by atoms with E-state index in [0.29, 0.717) is 0 Å². The van der Waals surface area contributed by atoms with E-state index in [2.05, 4.69) is 170 Å². The Labute approximate surface area is 246 Å². The van der Waals surface area contributed by atoms with Crippen molar-refractivity contribution in [3.05, 3.63) is 170 Å². The summed E-state index contributed by atoms with van der Waals surface area (Å²) in [6.07, 6.45) is 0. The van der Waals surface area contributed by atoms with E-state index in [1.165, 1.54) is 76.8 Å². The van der Waals surface area contributed by atoms with Crippen LogP contribution in [0.25, 0.3) is 76.8 Å². The van der Waals surface area contributed by atoms with Gasteiger partial charge in [0.1, 0.15) is 0 Å². The highest BCUT2D eigenvalue weighted by Gasteiger charge is 2.18. The molecule has 42 heavy (non-hydrogen) atoms. The van der Waals surface area contributed by atoms with Crippen molar-refractivity contribution in [2.75, 3.05) is 0 Å². The lowest BCUT2D eigenvalue weighted by Crippen LogP contribution is -1.92. The molecule has 0 aliphatic carbocycles. The van der Waals surface area contributed by atoms with Gasteiger partial charge in [-0.25, -0.2) is 0 Å². The minimum absolute atomic E-state index is 1.23. The largest absolute Gasteiger partial charge is 0.0622 e. The molecule has 0 spiro atoms. The van der Waals surface area contributed by atoms with E-state index in [1.807, 2.05) is 0 Å². The van der Waals surface area contributed by atoms with Gasteiger partial charge in [0.15, 0.2) is 0 Å². The van der Waals surface area contributed by atoms with Crippen LogP contribution in [0.1, 0.15) is 0 Å². The van der Waals surface area contributed by atoms with Crippen LogP contribution in [0.4, 0.5) is 0 Å². The van der Waals surface area contributed by atoms with Crippen LogP contribution in [-0.4, -0.2) is 0 Å². The van der Waals surface area contributed by atoms with Crippen LogP contribution >= 0.6 is 0 Å². The Hall–Kier alpha value is -5.46. The van der Waals surface area contributed by atoms with Gasteiger partial charge in [0, 0.05) is 0 Å². The maximum absolute atomic E-state index is 2.39. The van der Waals surface area contributed by atoms with Crippen molar-refractivity contribution in [3.63, 3.8) is 0 Å². The van der Waals surface area contributed by atoms with Crippen molar-refractivity contribution in [3.8, 4) is 44.5 Å². The fourth-order valence-corrected chi connectivity index (χ4v) is 6.60. The predicted octanol–water partition coefficient (Wildman–Crippen LogP) is 11.8. The molecule has 0 aliphatic rings. The molecule has 8 aromatic carbocycles. The van der Waals surface area contributed by atoms with Crippen molar-refractivity contribution in [1.82, 2.24) is 0 Å². The highest BCUT2D eigenvalue weighted by atomic mass is 14.2. The summed E-state index contributed by atoms with van der Waals surface area (Å²) in [7, 11) is 0. The van der Waals surface area contributed by atoms with Crippen molar-refractivity contribution >= 4 is 32.3 Å². The molecule has 0 amide bonds. The summed E-state index contributed by atoms with van der Waals surface area (Å²) in [5.74, 6) is 0. The van der Waals surface area contributed by atoms with E-state index in [9.17, 15) is 0 Å². The zero-order valence-corrected chi connectivity index (χ0v) is 23.2. The molecule has 0 aliphatic heterocycles. The van der Waals surface area contributed by atoms with E-state index in [4.69, 9.17) is 0 Å². The molecule has 196 valence electrons. The summed E-state index contributed by atoms with van der Waals surface area (Å²) in [5, 5.41) is 7.62. The zero-order chi connectivity index (χ0) is 27.9. The fraction of sp³-hybridized carbons (Fsp3) is 0.